The van der Waals surface area contributed by atoms with Gasteiger partial charge >= 0.3 is 0 Å². The maximum Gasteiger partial charge on any atom is 0.264 e. The van der Waals surface area contributed by atoms with E-state index in [1.54, 1.807) is 43.3 Å². The van der Waals surface area contributed by atoms with Crippen LogP contribution in [-0.2, 0) is 26.2 Å². The van der Waals surface area contributed by atoms with Crippen LogP contribution in [0.2, 0.25) is 0 Å². The lowest BCUT2D eigenvalue weighted by molar-refractivity contribution is -0.140. The number of rotatable bonds is 9. The van der Waals surface area contributed by atoms with Crippen molar-refractivity contribution in [3.63, 3.8) is 0 Å². The lowest BCUT2D eigenvalue weighted by Crippen LogP contribution is -2.54. The molecule has 0 saturated carbocycles. The van der Waals surface area contributed by atoms with Crippen molar-refractivity contribution >= 4 is 27.5 Å². The van der Waals surface area contributed by atoms with Crippen LogP contribution in [0.4, 0.5) is 5.69 Å². The van der Waals surface area contributed by atoms with Gasteiger partial charge in [-0.3, -0.25) is 13.9 Å². The van der Waals surface area contributed by atoms with Crippen molar-refractivity contribution in [2.24, 2.45) is 0 Å². The second-order valence-electron chi connectivity index (χ2n) is 11.1. The Labute approximate surface area is 242 Å². The number of aryl methyl sites for hydroxylation is 1. The zero-order valence-corrected chi connectivity index (χ0v) is 24.9. The quantitative estimate of drug-likeness (QED) is 0.406. The highest BCUT2D eigenvalue weighted by molar-refractivity contribution is 7.92. The fourth-order valence-electron chi connectivity index (χ4n) is 4.50. The Kier molecular flexibility index (Phi) is 8.92. The number of anilines is 1. The number of hydrogen-bond acceptors (Lipinski definition) is 6. The molecular formula is C31H37N3O6S. The van der Waals surface area contributed by atoms with E-state index in [4.69, 9.17) is 9.47 Å². The van der Waals surface area contributed by atoms with E-state index in [0.29, 0.717) is 24.7 Å². The summed E-state index contributed by atoms with van der Waals surface area (Å²) in [6.07, 6.45) is 0. The van der Waals surface area contributed by atoms with Gasteiger partial charge < -0.3 is 19.7 Å². The Balaban J connectivity index is 1.74. The van der Waals surface area contributed by atoms with Crippen LogP contribution in [0.15, 0.2) is 77.7 Å². The van der Waals surface area contributed by atoms with Crippen LogP contribution in [0, 0.1) is 6.92 Å². The molecule has 1 N–H and O–H groups in total. The molecule has 0 bridgehead atoms. The third-order valence-electron chi connectivity index (χ3n) is 6.52. The summed E-state index contributed by atoms with van der Waals surface area (Å²) < 4.78 is 40.3. The lowest BCUT2D eigenvalue weighted by atomic mass is 10.1. The average Bonchev–Trinajstić information content (AvgIpc) is 2.93. The van der Waals surface area contributed by atoms with Crippen LogP contribution in [0.5, 0.6) is 11.5 Å². The third kappa shape index (κ3) is 7.38. The van der Waals surface area contributed by atoms with Gasteiger partial charge in [0.25, 0.3) is 10.0 Å². The fourth-order valence-corrected chi connectivity index (χ4v) is 5.93. The van der Waals surface area contributed by atoms with Gasteiger partial charge in [-0.15, -0.1) is 0 Å². The first-order chi connectivity index (χ1) is 19.3. The number of benzene rings is 3. The van der Waals surface area contributed by atoms with Gasteiger partial charge in [-0.05, 0) is 64.4 Å². The van der Waals surface area contributed by atoms with Crippen LogP contribution in [-0.4, -0.2) is 56.5 Å². The van der Waals surface area contributed by atoms with E-state index in [1.165, 1.54) is 17.0 Å². The standard InChI is InChI=1S/C31H37N3O6S/c1-22-10-9-11-24(18-22)20-33(23(2)30(36)32-31(3,4)5)29(35)21-34(41(37,38)26-12-7-6-8-13-26)25-14-15-27-28(19-25)40-17-16-39-27/h6-15,18-19,23H,16-17,20-21H2,1-5H3,(H,32,36)/t23-/m0/s1. The number of nitrogens with zero attached hydrogens (tertiary/aromatic N) is 2. The Bertz CT molecular complexity index is 1500. The normalized spacial score (nSPS) is 13.7. The number of carbonyl (C=O) groups excluding carboxylic acids is 2. The number of ether oxygens (including phenoxy) is 2. The van der Waals surface area contributed by atoms with Gasteiger partial charge in [0.1, 0.15) is 25.8 Å². The van der Waals surface area contributed by atoms with Gasteiger partial charge in [0, 0.05) is 18.2 Å². The smallest absolute Gasteiger partial charge is 0.264 e. The fraction of sp³-hybridized carbons (Fsp3) is 0.355. The van der Waals surface area contributed by atoms with E-state index < -0.39 is 34.1 Å². The van der Waals surface area contributed by atoms with Gasteiger partial charge in [0.05, 0.1) is 10.6 Å². The topological polar surface area (TPSA) is 105 Å². The molecule has 0 aliphatic carbocycles. The molecule has 0 saturated heterocycles. The number of amides is 2. The molecule has 9 nitrogen and oxygen atoms in total. The van der Waals surface area contributed by atoms with Crippen LogP contribution in [0.3, 0.4) is 0 Å². The summed E-state index contributed by atoms with van der Waals surface area (Å²) in [7, 11) is -4.17. The molecule has 1 heterocycles. The van der Waals surface area contributed by atoms with Gasteiger partial charge in [-0.1, -0.05) is 48.0 Å². The van der Waals surface area contributed by atoms with E-state index in [9.17, 15) is 18.0 Å². The van der Waals surface area contributed by atoms with Crippen molar-refractivity contribution in [1.29, 1.82) is 0 Å². The van der Waals surface area contributed by atoms with E-state index in [-0.39, 0.29) is 23.0 Å². The molecule has 0 unspecified atom stereocenters. The molecule has 1 aliphatic rings. The minimum absolute atomic E-state index is 0.0337. The van der Waals surface area contributed by atoms with Crippen molar-refractivity contribution in [3.8, 4) is 11.5 Å². The zero-order chi connectivity index (χ0) is 29.8. The maximum atomic E-state index is 14.1. The van der Waals surface area contributed by atoms with Crippen LogP contribution < -0.4 is 19.1 Å². The second-order valence-corrected chi connectivity index (χ2v) is 12.9. The molecule has 2 amide bonds. The highest BCUT2D eigenvalue weighted by atomic mass is 32.2. The van der Waals surface area contributed by atoms with Gasteiger partial charge in [0.2, 0.25) is 11.8 Å². The Hall–Kier alpha value is -4.05. The average molecular weight is 580 g/mol. The summed E-state index contributed by atoms with van der Waals surface area (Å²) in [4.78, 5) is 28.8. The molecule has 10 heteroatoms. The molecule has 0 fully saturated rings. The summed E-state index contributed by atoms with van der Waals surface area (Å²) >= 11 is 0. The molecule has 0 aromatic heterocycles. The molecular weight excluding hydrogens is 542 g/mol. The highest BCUT2D eigenvalue weighted by Crippen LogP contribution is 2.36. The van der Waals surface area contributed by atoms with Crippen molar-refractivity contribution in [3.05, 3.63) is 83.9 Å². The monoisotopic (exact) mass is 579 g/mol. The number of hydrogen-bond donors (Lipinski definition) is 1. The number of nitrogens with one attached hydrogen (secondary N) is 1. The molecule has 3 aromatic rings. The molecule has 1 aliphatic heterocycles. The summed E-state index contributed by atoms with van der Waals surface area (Å²) in [6.45, 7) is 9.48. The van der Waals surface area contributed by atoms with Gasteiger partial charge in [-0.2, -0.15) is 0 Å². The molecule has 41 heavy (non-hydrogen) atoms. The Morgan fingerprint density at radius 3 is 2.27 bits per heavy atom. The zero-order valence-electron chi connectivity index (χ0n) is 24.1. The highest BCUT2D eigenvalue weighted by Gasteiger charge is 2.34. The number of sulfonamides is 1. The van der Waals surface area contributed by atoms with Crippen LogP contribution in [0.25, 0.3) is 0 Å². The predicted octanol–water partition coefficient (Wildman–Crippen LogP) is 4.29. The van der Waals surface area contributed by atoms with E-state index in [1.807, 2.05) is 52.0 Å². The summed E-state index contributed by atoms with van der Waals surface area (Å²) in [5, 5.41) is 2.93. The molecule has 3 aromatic carbocycles. The predicted molar refractivity (Wildman–Crippen MR) is 157 cm³/mol. The van der Waals surface area contributed by atoms with Crippen LogP contribution in [0.1, 0.15) is 38.8 Å². The van der Waals surface area contributed by atoms with E-state index >= 15 is 0 Å². The van der Waals surface area contributed by atoms with Crippen molar-refractivity contribution < 1.29 is 27.5 Å². The first-order valence-electron chi connectivity index (χ1n) is 13.5. The minimum atomic E-state index is -4.17. The van der Waals surface area contributed by atoms with E-state index in [2.05, 4.69) is 5.32 Å². The SMILES string of the molecule is Cc1cccc(CN(C(=O)CN(c2ccc3c(c2)OCCO3)S(=O)(=O)c2ccccc2)[C@@H](C)C(=O)NC(C)(C)C)c1. The van der Waals surface area contributed by atoms with E-state index in [0.717, 1.165) is 15.4 Å². The Morgan fingerprint density at radius 2 is 1.61 bits per heavy atom. The lowest BCUT2D eigenvalue weighted by Gasteiger charge is -2.33. The molecule has 1 atom stereocenters. The number of carbonyl (C=O) groups is 2. The summed E-state index contributed by atoms with van der Waals surface area (Å²) in [6, 6.07) is 19.5. The van der Waals surface area contributed by atoms with Gasteiger partial charge in [0.15, 0.2) is 11.5 Å². The maximum absolute atomic E-state index is 14.1. The Morgan fingerprint density at radius 1 is 0.927 bits per heavy atom. The molecule has 0 spiro atoms. The molecule has 0 radical (unpaired) electrons. The largest absolute Gasteiger partial charge is 0.486 e. The summed E-state index contributed by atoms with van der Waals surface area (Å²) in [5.74, 6) is 0.0219. The molecule has 4 rings (SSSR count). The van der Waals surface area contributed by atoms with Crippen molar-refractivity contribution in [2.75, 3.05) is 24.1 Å². The van der Waals surface area contributed by atoms with Gasteiger partial charge in [-0.25, -0.2) is 8.42 Å². The van der Waals surface area contributed by atoms with Crippen molar-refractivity contribution in [2.45, 2.75) is 57.6 Å². The summed E-state index contributed by atoms with van der Waals surface area (Å²) in [5.41, 5.74) is 1.56. The second kappa shape index (κ2) is 12.2. The number of fused-ring (bicyclic) bond motifs is 1. The first kappa shape index (κ1) is 29.9. The van der Waals surface area contributed by atoms with Crippen molar-refractivity contribution in [1.82, 2.24) is 10.2 Å². The third-order valence-corrected chi connectivity index (χ3v) is 8.31. The first-order valence-corrected chi connectivity index (χ1v) is 14.9. The molecule has 218 valence electrons. The minimum Gasteiger partial charge on any atom is -0.486 e. The van der Waals surface area contributed by atoms with Crippen LogP contribution >= 0.6 is 0 Å².